The van der Waals surface area contributed by atoms with Crippen LogP contribution in [0.3, 0.4) is 0 Å². The predicted octanol–water partition coefficient (Wildman–Crippen LogP) is 4.41. The number of anilines is 3. The van der Waals surface area contributed by atoms with Crippen LogP contribution in [0.5, 0.6) is 0 Å². The maximum absolute atomic E-state index is 12.8. The molecule has 3 aromatic rings. The van der Waals surface area contributed by atoms with Gasteiger partial charge in [0.1, 0.15) is 5.82 Å². The van der Waals surface area contributed by atoms with Gasteiger partial charge in [-0.1, -0.05) is 12.1 Å². The van der Waals surface area contributed by atoms with Gasteiger partial charge in [0, 0.05) is 24.3 Å². The molecule has 0 spiro atoms. The zero-order valence-electron chi connectivity index (χ0n) is 13.1. The lowest BCUT2D eigenvalue weighted by Gasteiger charge is -2.12. The molecule has 7 heteroatoms. The average molecular weight is 344 g/mol. The number of aromatic nitrogens is 2. The molecule has 0 fully saturated rings. The number of alkyl halides is 3. The van der Waals surface area contributed by atoms with Crippen molar-refractivity contribution in [1.82, 2.24) is 9.97 Å². The van der Waals surface area contributed by atoms with Crippen LogP contribution in [0.4, 0.5) is 30.4 Å². The molecule has 0 unspecified atom stereocenters. The number of hydrogen-bond acceptors (Lipinski definition) is 4. The third-order valence-electron chi connectivity index (χ3n) is 3.64. The first-order valence-corrected chi connectivity index (χ1v) is 7.49. The lowest BCUT2D eigenvalue weighted by molar-refractivity contribution is -0.137. The summed E-state index contributed by atoms with van der Waals surface area (Å²) in [5.74, 6) is 0.00821. The second kappa shape index (κ2) is 6.80. The fourth-order valence-electron chi connectivity index (χ4n) is 2.33. The predicted molar refractivity (Wildman–Crippen MR) is 90.4 cm³/mol. The first-order chi connectivity index (χ1) is 11.9. The number of nitrogen functional groups attached to an aromatic ring is 1. The number of rotatable bonds is 4. The standard InChI is InChI=1S/C18H15F3N4/c19-18(20,21)14-10-16(17(22)24-11-14)25-15-3-1-12(2-4-15)9-13-5-7-23-8-6-13/h1-8,10-11,25H,9H2,(H2,22,24). The van der Waals surface area contributed by atoms with Gasteiger partial charge in [0.05, 0.1) is 11.3 Å². The number of halogens is 3. The Morgan fingerprint density at radius 2 is 1.60 bits per heavy atom. The molecule has 3 rings (SSSR count). The van der Waals surface area contributed by atoms with E-state index in [1.54, 1.807) is 24.5 Å². The highest BCUT2D eigenvalue weighted by atomic mass is 19.4. The number of pyridine rings is 2. The van der Waals surface area contributed by atoms with Crippen LogP contribution in [0.2, 0.25) is 0 Å². The van der Waals surface area contributed by atoms with Crippen molar-refractivity contribution in [3.63, 3.8) is 0 Å². The minimum Gasteiger partial charge on any atom is -0.382 e. The molecule has 0 aliphatic heterocycles. The summed E-state index contributed by atoms with van der Waals surface area (Å²) in [4.78, 5) is 7.58. The summed E-state index contributed by atoms with van der Waals surface area (Å²) in [6, 6.07) is 12.2. The van der Waals surface area contributed by atoms with E-state index in [1.165, 1.54) is 0 Å². The molecule has 2 aromatic heterocycles. The number of benzene rings is 1. The second-order valence-electron chi connectivity index (χ2n) is 5.51. The molecule has 3 N–H and O–H groups in total. The van der Waals surface area contributed by atoms with Crippen molar-refractivity contribution >= 4 is 17.2 Å². The number of hydrogen-bond donors (Lipinski definition) is 2. The molecule has 0 radical (unpaired) electrons. The van der Waals surface area contributed by atoms with E-state index in [4.69, 9.17) is 5.73 Å². The van der Waals surface area contributed by atoms with Crippen molar-refractivity contribution in [1.29, 1.82) is 0 Å². The van der Waals surface area contributed by atoms with E-state index < -0.39 is 11.7 Å². The summed E-state index contributed by atoms with van der Waals surface area (Å²) in [6.45, 7) is 0. The van der Waals surface area contributed by atoms with Crippen molar-refractivity contribution < 1.29 is 13.2 Å². The van der Waals surface area contributed by atoms with Crippen molar-refractivity contribution in [2.24, 2.45) is 0 Å². The molecule has 0 aliphatic rings. The molecular formula is C18H15F3N4. The Hall–Kier alpha value is -3.09. The summed E-state index contributed by atoms with van der Waals surface area (Å²) >= 11 is 0. The van der Waals surface area contributed by atoms with E-state index in [-0.39, 0.29) is 11.5 Å². The van der Waals surface area contributed by atoms with Crippen LogP contribution in [-0.2, 0) is 12.6 Å². The maximum Gasteiger partial charge on any atom is 0.417 e. The van der Waals surface area contributed by atoms with Gasteiger partial charge in [-0.2, -0.15) is 13.2 Å². The van der Waals surface area contributed by atoms with E-state index in [0.29, 0.717) is 5.69 Å². The van der Waals surface area contributed by atoms with Crippen LogP contribution in [0.25, 0.3) is 0 Å². The molecule has 0 aliphatic carbocycles. The van der Waals surface area contributed by atoms with Crippen LogP contribution in [0, 0.1) is 0 Å². The fraction of sp³-hybridized carbons (Fsp3) is 0.111. The number of nitrogens with one attached hydrogen (secondary N) is 1. The largest absolute Gasteiger partial charge is 0.417 e. The Kier molecular flexibility index (Phi) is 4.56. The zero-order valence-corrected chi connectivity index (χ0v) is 13.1. The minimum atomic E-state index is -4.47. The monoisotopic (exact) mass is 344 g/mol. The molecule has 0 saturated carbocycles. The summed E-state index contributed by atoms with van der Waals surface area (Å²) in [5, 5.41) is 2.88. The normalized spacial score (nSPS) is 11.3. The molecule has 0 amide bonds. The molecule has 0 saturated heterocycles. The molecule has 128 valence electrons. The lowest BCUT2D eigenvalue weighted by Crippen LogP contribution is -2.08. The second-order valence-corrected chi connectivity index (χ2v) is 5.51. The van der Waals surface area contributed by atoms with Gasteiger partial charge in [-0.25, -0.2) is 4.98 Å². The molecule has 0 bridgehead atoms. The molecule has 4 nitrogen and oxygen atoms in total. The highest BCUT2D eigenvalue weighted by molar-refractivity contribution is 5.70. The van der Waals surface area contributed by atoms with Crippen LogP contribution in [0.1, 0.15) is 16.7 Å². The van der Waals surface area contributed by atoms with Crippen molar-refractivity contribution in [2.75, 3.05) is 11.1 Å². The molecule has 25 heavy (non-hydrogen) atoms. The smallest absolute Gasteiger partial charge is 0.382 e. The third kappa shape index (κ3) is 4.26. The van der Waals surface area contributed by atoms with Gasteiger partial charge in [0.25, 0.3) is 0 Å². The van der Waals surface area contributed by atoms with Gasteiger partial charge < -0.3 is 11.1 Å². The van der Waals surface area contributed by atoms with Crippen LogP contribution in [-0.4, -0.2) is 9.97 Å². The van der Waals surface area contributed by atoms with Gasteiger partial charge in [0.2, 0.25) is 0 Å². The molecule has 2 heterocycles. The molecule has 0 atom stereocenters. The van der Waals surface area contributed by atoms with Crippen LogP contribution >= 0.6 is 0 Å². The van der Waals surface area contributed by atoms with Gasteiger partial charge in [-0.05, 0) is 47.9 Å². The molecule has 1 aromatic carbocycles. The van der Waals surface area contributed by atoms with Crippen molar-refractivity contribution in [3.8, 4) is 0 Å². The van der Waals surface area contributed by atoms with Gasteiger partial charge in [0.15, 0.2) is 0 Å². The SMILES string of the molecule is Nc1ncc(C(F)(F)F)cc1Nc1ccc(Cc2ccncc2)cc1. The zero-order chi connectivity index (χ0) is 17.9. The Labute approximate surface area is 142 Å². The van der Waals surface area contributed by atoms with Crippen molar-refractivity contribution in [2.45, 2.75) is 12.6 Å². The Morgan fingerprint density at radius 1 is 0.960 bits per heavy atom. The highest BCUT2D eigenvalue weighted by Gasteiger charge is 2.31. The summed E-state index contributed by atoms with van der Waals surface area (Å²) < 4.78 is 38.4. The Morgan fingerprint density at radius 3 is 2.24 bits per heavy atom. The van der Waals surface area contributed by atoms with Crippen molar-refractivity contribution in [3.05, 3.63) is 77.7 Å². The Bertz CT molecular complexity index is 846. The van der Waals surface area contributed by atoms with E-state index in [1.807, 2.05) is 24.3 Å². The topological polar surface area (TPSA) is 63.8 Å². The quantitative estimate of drug-likeness (QED) is 0.736. The molecular weight excluding hydrogens is 329 g/mol. The van der Waals surface area contributed by atoms with E-state index in [0.717, 1.165) is 29.8 Å². The average Bonchev–Trinajstić information content (AvgIpc) is 2.58. The highest BCUT2D eigenvalue weighted by Crippen LogP contribution is 2.32. The first-order valence-electron chi connectivity index (χ1n) is 7.49. The van der Waals surface area contributed by atoms with E-state index in [9.17, 15) is 13.2 Å². The number of nitrogens with zero attached hydrogens (tertiary/aromatic N) is 2. The summed E-state index contributed by atoms with van der Waals surface area (Å²) in [5.41, 5.74) is 7.77. The fourth-order valence-corrected chi connectivity index (χ4v) is 2.33. The van der Waals surface area contributed by atoms with Crippen LogP contribution in [0.15, 0.2) is 61.1 Å². The van der Waals surface area contributed by atoms with E-state index >= 15 is 0 Å². The first kappa shape index (κ1) is 16.8. The maximum atomic E-state index is 12.8. The lowest BCUT2D eigenvalue weighted by atomic mass is 10.1. The van der Waals surface area contributed by atoms with Gasteiger partial charge in [-0.15, -0.1) is 0 Å². The minimum absolute atomic E-state index is 0.00821. The Balaban J connectivity index is 1.75. The summed E-state index contributed by atoms with van der Waals surface area (Å²) in [7, 11) is 0. The summed E-state index contributed by atoms with van der Waals surface area (Å²) in [6.07, 6.45) is 0.462. The van der Waals surface area contributed by atoms with Gasteiger partial charge >= 0.3 is 6.18 Å². The van der Waals surface area contributed by atoms with Crippen LogP contribution < -0.4 is 11.1 Å². The third-order valence-corrected chi connectivity index (χ3v) is 3.64. The van der Waals surface area contributed by atoms with E-state index in [2.05, 4.69) is 15.3 Å². The van der Waals surface area contributed by atoms with Gasteiger partial charge in [-0.3, -0.25) is 4.98 Å². The number of nitrogens with two attached hydrogens (primary N) is 1.